The van der Waals surface area contributed by atoms with Gasteiger partial charge in [0.15, 0.2) is 0 Å². The summed E-state index contributed by atoms with van der Waals surface area (Å²) in [5.41, 5.74) is 0.276. The average molecular weight is 265 g/mol. The predicted octanol–water partition coefficient (Wildman–Crippen LogP) is 2.99. The van der Waals surface area contributed by atoms with E-state index in [9.17, 15) is 0 Å². The van der Waals surface area contributed by atoms with E-state index in [-0.39, 0.29) is 5.41 Å². The quantitative estimate of drug-likeness (QED) is 0.562. The van der Waals surface area contributed by atoms with Crippen LogP contribution >= 0.6 is 15.9 Å². The predicted molar refractivity (Wildman–Crippen MR) is 61.9 cm³/mol. The molecule has 0 aliphatic heterocycles. The van der Waals surface area contributed by atoms with Crippen LogP contribution in [0.3, 0.4) is 0 Å². The molecular weight excluding hydrogens is 244 g/mol. The summed E-state index contributed by atoms with van der Waals surface area (Å²) in [6.45, 7) is 9.99. The summed E-state index contributed by atoms with van der Waals surface area (Å²) in [5, 5.41) is 0. The van der Waals surface area contributed by atoms with E-state index in [4.69, 9.17) is 9.47 Å². The minimum Gasteiger partial charge on any atom is -0.376 e. The summed E-state index contributed by atoms with van der Waals surface area (Å²) in [4.78, 5) is 0.603. The summed E-state index contributed by atoms with van der Waals surface area (Å²) in [6, 6.07) is 0. The lowest BCUT2D eigenvalue weighted by atomic mass is 9.69. The summed E-state index contributed by atoms with van der Waals surface area (Å²) in [7, 11) is 0. The Morgan fingerprint density at radius 3 is 2.43 bits per heavy atom. The third-order valence-corrected chi connectivity index (χ3v) is 4.47. The SMILES string of the molecule is CC(C)OCCOC1CC(Br)C1(C)C. The van der Waals surface area contributed by atoms with Gasteiger partial charge in [-0.15, -0.1) is 0 Å². The lowest BCUT2D eigenvalue weighted by Gasteiger charge is -2.48. The van der Waals surface area contributed by atoms with Crippen LogP contribution in [0.15, 0.2) is 0 Å². The maximum Gasteiger partial charge on any atom is 0.0704 e. The Morgan fingerprint density at radius 1 is 1.36 bits per heavy atom. The van der Waals surface area contributed by atoms with Crippen molar-refractivity contribution in [1.82, 2.24) is 0 Å². The van der Waals surface area contributed by atoms with Gasteiger partial charge >= 0.3 is 0 Å². The van der Waals surface area contributed by atoms with E-state index in [0.717, 1.165) is 6.42 Å². The average Bonchev–Trinajstić information content (AvgIpc) is 2.10. The van der Waals surface area contributed by atoms with E-state index in [1.54, 1.807) is 0 Å². The van der Waals surface area contributed by atoms with E-state index in [1.165, 1.54) is 0 Å². The maximum absolute atomic E-state index is 5.76. The number of rotatable bonds is 5. The topological polar surface area (TPSA) is 18.5 Å². The highest BCUT2D eigenvalue weighted by Crippen LogP contribution is 2.47. The van der Waals surface area contributed by atoms with Crippen LogP contribution in [0.4, 0.5) is 0 Å². The molecule has 0 bridgehead atoms. The second kappa shape index (κ2) is 4.95. The van der Waals surface area contributed by atoms with Crippen molar-refractivity contribution in [2.24, 2.45) is 5.41 Å². The van der Waals surface area contributed by atoms with Gasteiger partial charge in [0.1, 0.15) is 0 Å². The molecule has 0 aromatic heterocycles. The van der Waals surface area contributed by atoms with Gasteiger partial charge in [-0.25, -0.2) is 0 Å². The zero-order valence-corrected chi connectivity index (χ0v) is 11.1. The van der Waals surface area contributed by atoms with Crippen molar-refractivity contribution in [2.75, 3.05) is 13.2 Å². The molecule has 1 rings (SSSR count). The number of hydrogen-bond donors (Lipinski definition) is 0. The van der Waals surface area contributed by atoms with Gasteiger partial charge in [-0.2, -0.15) is 0 Å². The molecular formula is C11H21BrO2. The molecule has 1 aliphatic carbocycles. The van der Waals surface area contributed by atoms with Crippen LogP contribution in [0.2, 0.25) is 0 Å². The molecule has 0 saturated heterocycles. The summed E-state index contributed by atoms with van der Waals surface area (Å²) >= 11 is 3.64. The fraction of sp³-hybridized carbons (Fsp3) is 1.00. The lowest BCUT2D eigenvalue weighted by molar-refractivity contribution is -0.102. The van der Waals surface area contributed by atoms with Gasteiger partial charge in [0, 0.05) is 10.2 Å². The first-order valence-corrected chi connectivity index (χ1v) is 6.23. The van der Waals surface area contributed by atoms with Crippen LogP contribution in [0.25, 0.3) is 0 Å². The standard InChI is InChI=1S/C11H21BrO2/c1-8(2)13-5-6-14-10-7-9(12)11(10,3)4/h8-10H,5-7H2,1-4H3. The minimum atomic E-state index is 0.276. The minimum absolute atomic E-state index is 0.276. The molecule has 0 spiro atoms. The van der Waals surface area contributed by atoms with Crippen LogP contribution in [0.5, 0.6) is 0 Å². The van der Waals surface area contributed by atoms with Crippen LogP contribution in [0, 0.1) is 5.41 Å². The van der Waals surface area contributed by atoms with E-state index >= 15 is 0 Å². The number of alkyl halides is 1. The Kier molecular flexibility index (Phi) is 4.41. The molecule has 1 aliphatic rings. The first-order chi connectivity index (χ1) is 6.44. The molecule has 0 amide bonds. The van der Waals surface area contributed by atoms with E-state index in [0.29, 0.717) is 30.2 Å². The van der Waals surface area contributed by atoms with Gasteiger partial charge in [-0.05, 0) is 20.3 Å². The van der Waals surface area contributed by atoms with E-state index in [2.05, 4.69) is 29.8 Å². The normalized spacial score (nSPS) is 30.4. The molecule has 14 heavy (non-hydrogen) atoms. The molecule has 0 aromatic rings. The Labute approximate surface area is 95.5 Å². The van der Waals surface area contributed by atoms with Gasteiger partial charge in [0.25, 0.3) is 0 Å². The molecule has 0 radical (unpaired) electrons. The Bertz CT molecular complexity index is 180. The molecule has 2 atom stereocenters. The molecule has 84 valence electrons. The number of halogens is 1. The molecule has 2 unspecified atom stereocenters. The molecule has 1 saturated carbocycles. The Balaban J connectivity index is 2.09. The van der Waals surface area contributed by atoms with Crippen molar-refractivity contribution >= 4 is 15.9 Å². The van der Waals surface area contributed by atoms with Crippen molar-refractivity contribution in [3.05, 3.63) is 0 Å². The molecule has 0 heterocycles. The van der Waals surface area contributed by atoms with Crippen LogP contribution in [0.1, 0.15) is 34.1 Å². The lowest BCUT2D eigenvalue weighted by Crippen LogP contribution is -2.51. The van der Waals surface area contributed by atoms with Gasteiger partial charge in [0.2, 0.25) is 0 Å². The fourth-order valence-electron chi connectivity index (χ4n) is 1.59. The second-order valence-electron chi connectivity index (χ2n) is 4.80. The highest BCUT2D eigenvalue weighted by Gasteiger charge is 2.47. The van der Waals surface area contributed by atoms with Gasteiger partial charge in [0.05, 0.1) is 25.4 Å². The third-order valence-electron chi connectivity index (χ3n) is 2.91. The summed E-state index contributed by atoms with van der Waals surface area (Å²) in [5.74, 6) is 0. The smallest absolute Gasteiger partial charge is 0.0704 e. The molecule has 0 aromatic carbocycles. The number of ether oxygens (including phenoxy) is 2. The first-order valence-electron chi connectivity index (χ1n) is 5.32. The Morgan fingerprint density at radius 2 is 2.00 bits per heavy atom. The summed E-state index contributed by atoms with van der Waals surface area (Å²) in [6.07, 6.45) is 1.81. The van der Waals surface area contributed by atoms with Crippen molar-refractivity contribution in [2.45, 2.75) is 51.2 Å². The Hall–Kier alpha value is 0.400. The second-order valence-corrected chi connectivity index (χ2v) is 5.91. The van der Waals surface area contributed by atoms with Crippen LogP contribution < -0.4 is 0 Å². The van der Waals surface area contributed by atoms with Gasteiger partial charge in [-0.3, -0.25) is 0 Å². The highest BCUT2D eigenvalue weighted by molar-refractivity contribution is 9.09. The van der Waals surface area contributed by atoms with Crippen molar-refractivity contribution in [3.63, 3.8) is 0 Å². The van der Waals surface area contributed by atoms with Crippen molar-refractivity contribution in [1.29, 1.82) is 0 Å². The van der Waals surface area contributed by atoms with Crippen LogP contribution in [-0.2, 0) is 9.47 Å². The van der Waals surface area contributed by atoms with Gasteiger partial charge < -0.3 is 9.47 Å². The van der Waals surface area contributed by atoms with E-state index < -0.39 is 0 Å². The van der Waals surface area contributed by atoms with Gasteiger partial charge in [-0.1, -0.05) is 29.8 Å². The van der Waals surface area contributed by atoms with Crippen molar-refractivity contribution < 1.29 is 9.47 Å². The molecule has 1 fully saturated rings. The zero-order valence-electron chi connectivity index (χ0n) is 9.55. The van der Waals surface area contributed by atoms with Crippen molar-refractivity contribution in [3.8, 4) is 0 Å². The first kappa shape index (κ1) is 12.5. The summed E-state index contributed by atoms with van der Waals surface area (Å²) < 4.78 is 11.2. The highest BCUT2D eigenvalue weighted by atomic mass is 79.9. The van der Waals surface area contributed by atoms with Crippen LogP contribution in [-0.4, -0.2) is 30.2 Å². The molecule has 2 nitrogen and oxygen atoms in total. The maximum atomic E-state index is 5.76. The molecule has 3 heteroatoms. The zero-order chi connectivity index (χ0) is 10.8. The molecule has 0 N–H and O–H groups in total. The van der Waals surface area contributed by atoms with E-state index in [1.807, 2.05) is 13.8 Å². The third kappa shape index (κ3) is 2.94. The number of hydrogen-bond acceptors (Lipinski definition) is 2. The largest absolute Gasteiger partial charge is 0.376 e. The monoisotopic (exact) mass is 264 g/mol. The fourth-order valence-corrected chi connectivity index (χ4v) is 2.23.